The maximum atomic E-state index is 12.6. The van der Waals surface area contributed by atoms with Crippen LogP contribution in [0.25, 0.3) is 11.8 Å². The Morgan fingerprint density at radius 2 is 1.80 bits per heavy atom. The third-order valence-electron chi connectivity index (χ3n) is 4.49. The molecule has 0 aliphatic carbocycles. The predicted octanol–water partition coefficient (Wildman–Crippen LogP) is 7.25. The highest BCUT2D eigenvalue weighted by molar-refractivity contribution is 6.44. The van der Waals surface area contributed by atoms with Gasteiger partial charge in [0.1, 0.15) is 11.6 Å². The Morgan fingerprint density at radius 3 is 2.47 bits per heavy atom. The molecule has 1 aromatic heterocycles. The van der Waals surface area contributed by atoms with E-state index in [2.05, 4.69) is 5.32 Å². The van der Waals surface area contributed by atoms with Gasteiger partial charge in [0.15, 0.2) is 0 Å². The standard InChI is InChI=1S/C22H15Cl4N3O/c1-12-8-14(13(2)29(12)20-7-6-16(23)10-18(20)25)9-15(11-27)22(30)28-19-5-3-4-17(24)21(19)26/h3-10H,1-2H3,(H,28,30)/b15-9-. The minimum Gasteiger partial charge on any atom is -0.320 e. The molecule has 0 saturated carbocycles. The number of nitrogens with zero attached hydrogens (tertiary/aromatic N) is 2. The molecule has 0 bridgehead atoms. The Labute approximate surface area is 194 Å². The second-order valence-corrected chi connectivity index (χ2v) is 8.11. The predicted molar refractivity (Wildman–Crippen MR) is 124 cm³/mol. The van der Waals surface area contributed by atoms with Crippen LogP contribution in [0, 0.1) is 25.2 Å². The number of rotatable bonds is 4. The molecule has 1 amide bonds. The van der Waals surface area contributed by atoms with Gasteiger partial charge in [-0.25, -0.2) is 0 Å². The Hall–Kier alpha value is -2.42. The van der Waals surface area contributed by atoms with Gasteiger partial charge in [-0.1, -0.05) is 52.5 Å². The molecular weight excluding hydrogens is 464 g/mol. The molecule has 0 aliphatic rings. The monoisotopic (exact) mass is 477 g/mol. The fraction of sp³-hybridized carbons (Fsp3) is 0.0909. The molecule has 152 valence electrons. The third kappa shape index (κ3) is 4.50. The quantitative estimate of drug-likeness (QED) is 0.317. The van der Waals surface area contributed by atoms with E-state index in [1.165, 1.54) is 6.08 Å². The smallest absolute Gasteiger partial charge is 0.266 e. The molecule has 2 aromatic carbocycles. The fourth-order valence-electron chi connectivity index (χ4n) is 3.06. The summed E-state index contributed by atoms with van der Waals surface area (Å²) >= 11 is 24.4. The summed E-state index contributed by atoms with van der Waals surface area (Å²) in [6.07, 6.45) is 1.52. The number of carbonyl (C=O) groups is 1. The van der Waals surface area contributed by atoms with E-state index >= 15 is 0 Å². The van der Waals surface area contributed by atoms with Crippen molar-refractivity contribution in [2.75, 3.05) is 5.32 Å². The van der Waals surface area contributed by atoms with Gasteiger partial charge in [-0.05, 0) is 61.9 Å². The molecule has 0 spiro atoms. The number of aromatic nitrogens is 1. The number of hydrogen-bond acceptors (Lipinski definition) is 2. The van der Waals surface area contributed by atoms with E-state index in [0.29, 0.717) is 26.3 Å². The van der Waals surface area contributed by atoms with E-state index in [-0.39, 0.29) is 10.6 Å². The number of nitrogens with one attached hydrogen (secondary N) is 1. The van der Waals surface area contributed by atoms with Crippen LogP contribution in [0.3, 0.4) is 0 Å². The zero-order valence-electron chi connectivity index (χ0n) is 15.9. The SMILES string of the molecule is Cc1cc(/C=C(/C#N)C(=O)Nc2cccc(Cl)c2Cl)c(C)n1-c1ccc(Cl)cc1Cl. The zero-order chi connectivity index (χ0) is 22.0. The van der Waals surface area contributed by atoms with Crippen LogP contribution < -0.4 is 5.32 Å². The van der Waals surface area contributed by atoms with Crippen molar-refractivity contribution in [3.8, 4) is 11.8 Å². The number of anilines is 1. The van der Waals surface area contributed by atoms with Crippen LogP contribution in [-0.2, 0) is 4.79 Å². The van der Waals surface area contributed by atoms with Gasteiger partial charge in [0.05, 0.1) is 26.4 Å². The highest BCUT2D eigenvalue weighted by Crippen LogP contribution is 2.31. The van der Waals surface area contributed by atoms with Crippen LogP contribution in [0.1, 0.15) is 17.0 Å². The van der Waals surface area contributed by atoms with Crippen molar-refractivity contribution in [3.05, 3.63) is 85.1 Å². The van der Waals surface area contributed by atoms with Crippen LogP contribution in [0.4, 0.5) is 5.69 Å². The minimum atomic E-state index is -0.587. The Morgan fingerprint density at radius 1 is 1.07 bits per heavy atom. The highest BCUT2D eigenvalue weighted by atomic mass is 35.5. The van der Waals surface area contributed by atoms with Gasteiger partial charge in [0, 0.05) is 16.4 Å². The maximum absolute atomic E-state index is 12.6. The lowest BCUT2D eigenvalue weighted by Crippen LogP contribution is -2.13. The van der Waals surface area contributed by atoms with Gasteiger partial charge in [0.2, 0.25) is 0 Å². The first kappa shape index (κ1) is 22.3. The topological polar surface area (TPSA) is 57.8 Å². The van der Waals surface area contributed by atoms with Gasteiger partial charge >= 0.3 is 0 Å². The number of aryl methyl sites for hydroxylation is 1. The van der Waals surface area contributed by atoms with Gasteiger partial charge in [-0.3, -0.25) is 4.79 Å². The molecule has 0 atom stereocenters. The molecule has 0 radical (unpaired) electrons. The molecule has 4 nitrogen and oxygen atoms in total. The number of hydrogen-bond donors (Lipinski definition) is 1. The summed E-state index contributed by atoms with van der Waals surface area (Å²) in [6, 6.07) is 13.9. The van der Waals surface area contributed by atoms with Crippen molar-refractivity contribution in [3.63, 3.8) is 0 Å². The van der Waals surface area contributed by atoms with Crippen LogP contribution in [-0.4, -0.2) is 10.5 Å². The van der Waals surface area contributed by atoms with Gasteiger partial charge in [0.25, 0.3) is 5.91 Å². The number of benzene rings is 2. The highest BCUT2D eigenvalue weighted by Gasteiger charge is 2.16. The molecule has 30 heavy (non-hydrogen) atoms. The molecule has 1 N–H and O–H groups in total. The van der Waals surface area contributed by atoms with Crippen molar-refractivity contribution in [1.29, 1.82) is 5.26 Å². The second kappa shape index (κ2) is 9.16. The lowest BCUT2D eigenvalue weighted by molar-refractivity contribution is -0.112. The van der Waals surface area contributed by atoms with Gasteiger partial charge in [-0.15, -0.1) is 0 Å². The molecule has 0 unspecified atom stereocenters. The molecule has 0 saturated heterocycles. The van der Waals surface area contributed by atoms with Crippen molar-refractivity contribution in [2.45, 2.75) is 13.8 Å². The Kier molecular flexibility index (Phi) is 6.80. The molecule has 1 heterocycles. The molecule has 3 aromatic rings. The Bertz CT molecular complexity index is 1220. The molecule has 8 heteroatoms. The summed E-state index contributed by atoms with van der Waals surface area (Å²) in [5.74, 6) is -0.587. The van der Waals surface area contributed by atoms with Crippen LogP contribution >= 0.6 is 46.4 Å². The molecule has 0 fully saturated rings. The van der Waals surface area contributed by atoms with E-state index in [4.69, 9.17) is 46.4 Å². The molecular formula is C22H15Cl4N3O. The van der Waals surface area contributed by atoms with E-state index < -0.39 is 5.91 Å². The summed E-state index contributed by atoms with van der Waals surface area (Å²) in [5.41, 5.74) is 3.42. The minimum absolute atomic E-state index is 0.0755. The first-order valence-corrected chi connectivity index (χ1v) is 10.3. The van der Waals surface area contributed by atoms with Gasteiger partial charge < -0.3 is 9.88 Å². The average molecular weight is 479 g/mol. The van der Waals surface area contributed by atoms with Crippen molar-refractivity contribution in [1.82, 2.24) is 4.57 Å². The zero-order valence-corrected chi connectivity index (χ0v) is 19.0. The summed E-state index contributed by atoms with van der Waals surface area (Å²) in [6.45, 7) is 3.79. The molecule has 3 rings (SSSR count). The van der Waals surface area contributed by atoms with Crippen LogP contribution in [0.2, 0.25) is 20.1 Å². The first-order chi connectivity index (χ1) is 14.2. The van der Waals surface area contributed by atoms with Gasteiger partial charge in [-0.2, -0.15) is 5.26 Å². The molecule has 0 aliphatic heterocycles. The van der Waals surface area contributed by atoms with E-state index in [1.54, 1.807) is 30.3 Å². The van der Waals surface area contributed by atoms with Crippen molar-refractivity contribution >= 4 is 64.1 Å². The summed E-state index contributed by atoms with van der Waals surface area (Å²) in [7, 11) is 0. The lowest BCUT2D eigenvalue weighted by atomic mass is 10.1. The van der Waals surface area contributed by atoms with E-state index in [9.17, 15) is 10.1 Å². The first-order valence-electron chi connectivity index (χ1n) is 8.74. The average Bonchev–Trinajstić information content (AvgIpc) is 2.97. The number of halogens is 4. The Balaban J connectivity index is 1.98. The normalized spacial score (nSPS) is 11.3. The summed E-state index contributed by atoms with van der Waals surface area (Å²) in [4.78, 5) is 12.6. The van der Waals surface area contributed by atoms with Crippen molar-refractivity contribution in [2.24, 2.45) is 0 Å². The summed E-state index contributed by atoms with van der Waals surface area (Å²) in [5, 5.41) is 13.7. The van der Waals surface area contributed by atoms with Crippen LogP contribution in [0.5, 0.6) is 0 Å². The van der Waals surface area contributed by atoms with E-state index in [1.807, 2.05) is 36.6 Å². The number of carbonyl (C=O) groups excluding carboxylic acids is 1. The van der Waals surface area contributed by atoms with E-state index in [0.717, 1.165) is 17.1 Å². The maximum Gasteiger partial charge on any atom is 0.266 e. The largest absolute Gasteiger partial charge is 0.320 e. The lowest BCUT2D eigenvalue weighted by Gasteiger charge is -2.12. The number of amides is 1. The number of nitriles is 1. The van der Waals surface area contributed by atoms with Crippen LogP contribution in [0.15, 0.2) is 48.0 Å². The third-order valence-corrected chi connectivity index (χ3v) is 5.84. The summed E-state index contributed by atoms with van der Waals surface area (Å²) < 4.78 is 1.94. The van der Waals surface area contributed by atoms with Crippen molar-refractivity contribution < 1.29 is 4.79 Å². The second-order valence-electron chi connectivity index (χ2n) is 6.48. The fourth-order valence-corrected chi connectivity index (χ4v) is 3.90.